The van der Waals surface area contributed by atoms with Crippen LogP contribution >= 0.6 is 11.3 Å². The number of thiazole rings is 1. The minimum atomic E-state index is 0.735. The van der Waals surface area contributed by atoms with E-state index in [2.05, 4.69) is 29.5 Å². The van der Waals surface area contributed by atoms with Gasteiger partial charge in [0.25, 0.3) is 0 Å². The maximum atomic E-state index is 4.31. The molecule has 1 aliphatic carbocycles. The summed E-state index contributed by atoms with van der Waals surface area (Å²) >= 11 is 1.76. The van der Waals surface area contributed by atoms with Crippen molar-refractivity contribution in [2.24, 2.45) is 11.8 Å². The number of hydrogen-bond donors (Lipinski definition) is 1. The molecule has 1 aromatic rings. The highest BCUT2D eigenvalue weighted by Crippen LogP contribution is 2.28. The molecule has 0 saturated heterocycles. The Bertz CT molecular complexity index is 287. The molecule has 0 radical (unpaired) electrons. The molecule has 0 aromatic carbocycles. The fraction of sp³-hybridized carbons (Fsp3) is 0.769. The molecule has 1 aliphatic rings. The molecule has 90 valence electrons. The van der Waals surface area contributed by atoms with Crippen LogP contribution in [0.5, 0.6) is 0 Å². The van der Waals surface area contributed by atoms with E-state index in [1.54, 1.807) is 11.3 Å². The van der Waals surface area contributed by atoms with Gasteiger partial charge in [-0.15, -0.1) is 11.3 Å². The van der Waals surface area contributed by atoms with Gasteiger partial charge in [0, 0.05) is 30.6 Å². The average molecular weight is 238 g/mol. The molecular formula is C13H22N2S. The second kappa shape index (κ2) is 5.78. The van der Waals surface area contributed by atoms with Gasteiger partial charge in [0.2, 0.25) is 0 Å². The first kappa shape index (κ1) is 12.1. The molecule has 0 aliphatic heterocycles. The highest BCUT2D eigenvalue weighted by atomic mass is 32.1. The zero-order chi connectivity index (χ0) is 11.4. The van der Waals surface area contributed by atoms with Gasteiger partial charge >= 0.3 is 0 Å². The zero-order valence-corrected chi connectivity index (χ0v) is 11.1. The van der Waals surface area contributed by atoms with Gasteiger partial charge in [-0.25, -0.2) is 4.98 Å². The first-order valence-electron chi connectivity index (χ1n) is 6.35. The molecule has 1 saturated carbocycles. The standard InChI is InChI=1S/C13H22N2S/c1-10-7-11(2)9-12(8-10)14-4-3-13-15-5-6-16-13/h5-6,10-12,14H,3-4,7-9H2,1-2H3. The summed E-state index contributed by atoms with van der Waals surface area (Å²) in [7, 11) is 0. The van der Waals surface area contributed by atoms with Crippen molar-refractivity contribution in [1.82, 2.24) is 10.3 Å². The van der Waals surface area contributed by atoms with Crippen molar-refractivity contribution in [3.8, 4) is 0 Å². The van der Waals surface area contributed by atoms with Gasteiger partial charge in [0.05, 0.1) is 5.01 Å². The van der Waals surface area contributed by atoms with Gasteiger partial charge in [-0.3, -0.25) is 0 Å². The quantitative estimate of drug-likeness (QED) is 0.872. The van der Waals surface area contributed by atoms with E-state index < -0.39 is 0 Å². The Morgan fingerprint density at radius 2 is 2.06 bits per heavy atom. The molecule has 16 heavy (non-hydrogen) atoms. The van der Waals surface area contributed by atoms with E-state index in [-0.39, 0.29) is 0 Å². The van der Waals surface area contributed by atoms with Gasteiger partial charge in [-0.2, -0.15) is 0 Å². The lowest BCUT2D eigenvalue weighted by Crippen LogP contribution is -2.37. The van der Waals surface area contributed by atoms with E-state index in [0.29, 0.717) is 0 Å². The van der Waals surface area contributed by atoms with Crippen molar-refractivity contribution < 1.29 is 0 Å². The maximum Gasteiger partial charge on any atom is 0.0937 e. The molecule has 1 N–H and O–H groups in total. The first-order chi connectivity index (χ1) is 7.74. The fourth-order valence-electron chi connectivity index (χ4n) is 2.87. The van der Waals surface area contributed by atoms with Crippen LogP contribution in [0.2, 0.25) is 0 Å². The van der Waals surface area contributed by atoms with Crippen LogP contribution in [0.4, 0.5) is 0 Å². The Morgan fingerprint density at radius 3 is 2.69 bits per heavy atom. The van der Waals surface area contributed by atoms with Crippen LogP contribution in [0.1, 0.15) is 38.1 Å². The fourth-order valence-corrected chi connectivity index (χ4v) is 3.49. The van der Waals surface area contributed by atoms with Crippen molar-refractivity contribution in [2.75, 3.05) is 6.54 Å². The molecule has 0 bridgehead atoms. The van der Waals surface area contributed by atoms with Crippen molar-refractivity contribution in [2.45, 2.75) is 45.6 Å². The van der Waals surface area contributed by atoms with Gasteiger partial charge in [0.1, 0.15) is 0 Å². The van der Waals surface area contributed by atoms with E-state index in [1.165, 1.54) is 24.3 Å². The summed E-state index contributed by atoms with van der Waals surface area (Å²) < 4.78 is 0. The lowest BCUT2D eigenvalue weighted by Gasteiger charge is -2.32. The number of nitrogens with zero attached hydrogens (tertiary/aromatic N) is 1. The minimum absolute atomic E-state index is 0.735. The zero-order valence-electron chi connectivity index (χ0n) is 10.3. The van der Waals surface area contributed by atoms with Crippen molar-refractivity contribution in [3.63, 3.8) is 0 Å². The number of hydrogen-bond acceptors (Lipinski definition) is 3. The summed E-state index contributed by atoms with van der Waals surface area (Å²) in [6.45, 7) is 5.84. The van der Waals surface area contributed by atoms with Gasteiger partial charge < -0.3 is 5.32 Å². The molecule has 2 unspecified atom stereocenters. The third-order valence-corrected chi connectivity index (χ3v) is 4.27. The van der Waals surface area contributed by atoms with Crippen LogP contribution in [-0.2, 0) is 6.42 Å². The summed E-state index contributed by atoms with van der Waals surface area (Å²) in [5.41, 5.74) is 0. The third kappa shape index (κ3) is 3.56. The molecule has 0 amide bonds. The monoisotopic (exact) mass is 238 g/mol. The molecule has 2 rings (SSSR count). The van der Waals surface area contributed by atoms with Crippen molar-refractivity contribution in [1.29, 1.82) is 0 Å². The van der Waals surface area contributed by atoms with Crippen molar-refractivity contribution >= 4 is 11.3 Å². The lowest BCUT2D eigenvalue weighted by atomic mass is 9.80. The molecule has 2 nitrogen and oxygen atoms in total. The molecule has 3 heteroatoms. The predicted octanol–water partition coefficient (Wildman–Crippen LogP) is 3.10. The van der Waals surface area contributed by atoms with Crippen LogP contribution in [0.15, 0.2) is 11.6 Å². The first-order valence-corrected chi connectivity index (χ1v) is 7.23. The Kier molecular flexibility index (Phi) is 4.36. The van der Waals surface area contributed by atoms with E-state index in [1.807, 2.05) is 6.20 Å². The van der Waals surface area contributed by atoms with Crippen LogP contribution in [0, 0.1) is 11.8 Å². The Morgan fingerprint density at radius 1 is 1.31 bits per heavy atom. The van der Waals surface area contributed by atoms with Gasteiger partial charge in [-0.1, -0.05) is 13.8 Å². The third-order valence-electron chi connectivity index (χ3n) is 3.43. The summed E-state index contributed by atoms with van der Waals surface area (Å²) in [5.74, 6) is 1.78. The highest BCUT2D eigenvalue weighted by molar-refractivity contribution is 7.09. The highest BCUT2D eigenvalue weighted by Gasteiger charge is 2.23. The number of rotatable bonds is 4. The summed E-state index contributed by atoms with van der Waals surface area (Å²) in [4.78, 5) is 4.31. The second-order valence-electron chi connectivity index (χ2n) is 5.24. The predicted molar refractivity (Wildman–Crippen MR) is 69.8 cm³/mol. The molecule has 2 atom stereocenters. The van der Waals surface area contributed by atoms with Crippen LogP contribution in [0.3, 0.4) is 0 Å². The largest absolute Gasteiger partial charge is 0.314 e. The lowest BCUT2D eigenvalue weighted by molar-refractivity contribution is 0.240. The van der Waals surface area contributed by atoms with Crippen LogP contribution in [0.25, 0.3) is 0 Å². The smallest absolute Gasteiger partial charge is 0.0937 e. The molecule has 1 aromatic heterocycles. The summed E-state index contributed by atoms with van der Waals surface area (Å²) in [6.07, 6.45) is 7.08. The second-order valence-corrected chi connectivity index (χ2v) is 6.22. The Balaban J connectivity index is 1.69. The van der Waals surface area contributed by atoms with E-state index in [0.717, 1.165) is 30.8 Å². The Hall–Kier alpha value is -0.410. The average Bonchev–Trinajstić information content (AvgIpc) is 2.69. The SMILES string of the molecule is CC1CC(C)CC(NCCc2nccs2)C1. The molecule has 0 spiro atoms. The van der Waals surface area contributed by atoms with Crippen LogP contribution in [-0.4, -0.2) is 17.6 Å². The number of nitrogens with one attached hydrogen (secondary N) is 1. The van der Waals surface area contributed by atoms with E-state index in [4.69, 9.17) is 0 Å². The number of aromatic nitrogens is 1. The Labute approximate surface area is 102 Å². The van der Waals surface area contributed by atoms with Crippen LogP contribution < -0.4 is 5.32 Å². The normalized spacial score (nSPS) is 30.5. The van der Waals surface area contributed by atoms with Gasteiger partial charge in [0.15, 0.2) is 0 Å². The maximum absolute atomic E-state index is 4.31. The van der Waals surface area contributed by atoms with Gasteiger partial charge in [-0.05, 0) is 31.1 Å². The van der Waals surface area contributed by atoms with E-state index >= 15 is 0 Å². The minimum Gasteiger partial charge on any atom is -0.314 e. The molecule has 1 fully saturated rings. The topological polar surface area (TPSA) is 24.9 Å². The van der Waals surface area contributed by atoms with E-state index in [9.17, 15) is 0 Å². The molecular weight excluding hydrogens is 216 g/mol. The molecule has 1 heterocycles. The van der Waals surface area contributed by atoms with Crippen molar-refractivity contribution in [3.05, 3.63) is 16.6 Å². The summed E-state index contributed by atoms with van der Waals surface area (Å²) in [5, 5.41) is 7.00. The summed E-state index contributed by atoms with van der Waals surface area (Å²) in [6, 6.07) is 0.735.